The number of aldehydes is 1. The number of aliphatic hydroxyl groups excluding tert-OH is 1. The molecule has 12 N–H and O–H groups in total. The Labute approximate surface area is 350 Å². The van der Waals surface area contributed by atoms with Gasteiger partial charge in [-0.3, -0.25) is 38.4 Å². The summed E-state index contributed by atoms with van der Waals surface area (Å²) in [4.78, 5) is 124. The first kappa shape index (κ1) is 50.7. The molecule has 1 fully saturated rings. The van der Waals surface area contributed by atoms with Gasteiger partial charge in [0.25, 0.3) is 0 Å². The molecule has 1 aromatic heterocycles. The molecule has 0 aromatic carbocycles. The van der Waals surface area contributed by atoms with Crippen LogP contribution in [0.2, 0.25) is 0 Å². The summed E-state index contributed by atoms with van der Waals surface area (Å²) < 4.78 is 0. The number of nitrogens with zero attached hydrogens (tertiary/aromatic N) is 1. The van der Waals surface area contributed by atoms with Crippen molar-refractivity contribution in [1.82, 2.24) is 52.5 Å². The first-order chi connectivity index (χ1) is 28.1. The largest absolute Gasteiger partial charge is 0.391 e. The van der Waals surface area contributed by atoms with Gasteiger partial charge in [0.15, 0.2) is 0 Å². The Hall–Kier alpha value is -5.44. The van der Waals surface area contributed by atoms with Gasteiger partial charge in [-0.15, -0.1) is 0 Å². The van der Waals surface area contributed by atoms with Crippen LogP contribution < -0.4 is 48.3 Å². The van der Waals surface area contributed by atoms with Gasteiger partial charge in [-0.05, 0) is 63.8 Å². The van der Waals surface area contributed by atoms with Gasteiger partial charge in [-0.2, -0.15) is 0 Å². The van der Waals surface area contributed by atoms with E-state index >= 15 is 0 Å². The number of primary amides is 1. The Morgan fingerprint density at radius 1 is 0.767 bits per heavy atom. The zero-order valence-electron chi connectivity index (χ0n) is 35.8. The van der Waals surface area contributed by atoms with Crippen molar-refractivity contribution >= 4 is 53.5 Å². The number of aromatic amines is 1. The number of aliphatic hydroxyl groups is 1. The highest BCUT2D eigenvalue weighted by Crippen LogP contribution is 2.12. The molecular formula is C39H65N11O10. The molecule has 1 saturated heterocycles. The van der Waals surface area contributed by atoms with Crippen molar-refractivity contribution in [1.29, 1.82) is 0 Å². The van der Waals surface area contributed by atoms with Gasteiger partial charge < -0.3 is 63.2 Å². The fraction of sp³-hybridized carbons (Fsp3) is 0.692. The number of nitrogens with two attached hydrogens (primary N) is 1. The Morgan fingerprint density at radius 2 is 1.37 bits per heavy atom. The molecule has 2 heterocycles. The summed E-state index contributed by atoms with van der Waals surface area (Å²) in [6, 6.07) is -9.10. The number of rotatable bonds is 25. The zero-order chi connectivity index (χ0) is 45.3. The van der Waals surface area contributed by atoms with Gasteiger partial charge in [0, 0.05) is 24.7 Å². The number of carbonyl (C=O) groups is 9. The van der Waals surface area contributed by atoms with E-state index < -0.39 is 108 Å². The predicted octanol–water partition coefficient (Wildman–Crippen LogP) is -2.68. The van der Waals surface area contributed by atoms with Gasteiger partial charge in [0.05, 0.1) is 24.5 Å². The van der Waals surface area contributed by atoms with E-state index in [2.05, 4.69) is 52.5 Å². The van der Waals surface area contributed by atoms with E-state index in [9.17, 15) is 48.3 Å². The summed E-state index contributed by atoms with van der Waals surface area (Å²) in [5.74, 6) is -6.91. The highest BCUT2D eigenvalue weighted by atomic mass is 16.3. The Kier molecular flexibility index (Phi) is 20.8. The van der Waals surface area contributed by atoms with E-state index in [1.165, 1.54) is 26.4 Å². The number of nitrogens with one attached hydrogen (secondary N) is 9. The number of H-pyrrole nitrogens is 1. The van der Waals surface area contributed by atoms with E-state index in [-0.39, 0.29) is 37.5 Å². The van der Waals surface area contributed by atoms with Crippen LogP contribution in [0.4, 0.5) is 0 Å². The van der Waals surface area contributed by atoms with Crippen molar-refractivity contribution in [2.45, 2.75) is 148 Å². The zero-order valence-corrected chi connectivity index (χ0v) is 35.8. The molecule has 1 aromatic rings. The molecular weight excluding hydrogens is 782 g/mol. The molecule has 0 unspecified atom stereocenters. The van der Waals surface area contributed by atoms with Gasteiger partial charge in [-0.1, -0.05) is 41.5 Å². The molecule has 0 radical (unpaired) electrons. The first-order valence-corrected chi connectivity index (χ1v) is 20.4. The van der Waals surface area contributed by atoms with Crippen molar-refractivity contribution in [3.63, 3.8) is 0 Å². The third-order valence-electron chi connectivity index (χ3n) is 9.88. The lowest BCUT2D eigenvalue weighted by Crippen LogP contribution is -2.62. The fourth-order valence-electron chi connectivity index (χ4n) is 6.26. The first-order valence-electron chi connectivity index (χ1n) is 20.4. The normalized spacial score (nSPS) is 17.8. The topological polar surface area (TPSA) is 325 Å². The fourth-order valence-corrected chi connectivity index (χ4v) is 6.26. The quantitative estimate of drug-likeness (QED) is 0.0449. The van der Waals surface area contributed by atoms with Crippen LogP contribution in [0.5, 0.6) is 0 Å². The average Bonchev–Trinajstić information content (AvgIpc) is 3.90. The molecule has 21 heteroatoms. The van der Waals surface area contributed by atoms with Crippen LogP contribution >= 0.6 is 0 Å². The highest BCUT2D eigenvalue weighted by Gasteiger charge is 2.36. The monoisotopic (exact) mass is 847 g/mol. The number of imidazole rings is 1. The SMILES string of the molecule is CC(C)C[C@H](NC(=O)[C@@H](NC(=O)[C@@H](NC(=O)[C@H](Cc1cnc[nH]1)NC(=O)[C@@H]1CCCN1)[C@@H](C)O)C(C)C)C(=O)N[C@@H](CCC(N)=O)C(=O)N[C@@H](C)C(=O)N[C@H](C=O)C(C)C. The number of hydrogen-bond donors (Lipinski definition) is 11. The molecule has 1 aliphatic rings. The molecule has 60 heavy (non-hydrogen) atoms. The van der Waals surface area contributed by atoms with Crippen molar-refractivity contribution < 1.29 is 48.3 Å². The third kappa shape index (κ3) is 16.7. The van der Waals surface area contributed by atoms with Crippen LogP contribution in [0, 0.1) is 17.8 Å². The summed E-state index contributed by atoms with van der Waals surface area (Å²) in [5.41, 5.74) is 5.85. The molecule has 21 nitrogen and oxygen atoms in total. The average molecular weight is 848 g/mol. The molecule has 336 valence electrons. The lowest BCUT2D eigenvalue weighted by Gasteiger charge is -2.30. The van der Waals surface area contributed by atoms with Crippen LogP contribution in [0.25, 0.3) is 0 Å². The molecule has 0 spiro atoms. The summed E-state index contributed by atoms with van der Waals surface area (Å²) in [7, 11) is 0. The molecule has 0 saturated carbocycles. The van der Waals surface area contributed by atoms with Crippen molar-refractivity contribution in [3.05, 3.63) is 18.2 Å². The van der Waals surface area contributed by atoms with Gasteiger partial charge >= 0.3 is 0 Å². The van der Waals surface area contributed by atoms with Crippen LogP contribution in [0.1, 0.15) is 93.2 Å². The van der Waals surface area contributed by atoms with Crippen LogP contribution in [-0.4, -0.2) is 130 Å². The van der Waals surface area contributed by atoms with Crippen molar-refractivity contribution in [2.24, 2.45) is 23.5 Å². The minimum atomic E-state index is -1.57. The molecule has 9 atom stereocenters. The molecule has 8 amide bonds. The number of amides is 8. The number of carbonyl (C=O) groups excluding carboxylic acids is 9. The van der Waals surface area contributed by atoms with Crippen LogP contribution in [-0.2, 0) is 49.6 Å². The number of aromatic nitrogens is 2. The summed E-state index contributed by atoms with van der Waals surface area (Å²) >= 11 is 0. The second-order valence-corrected chi connectivity index (χ2v) is 16.3. The summed E-state index contributed by atoms with van der Waals surface area (Å²) in [5, 5.41) is 31.7. The molecule has 0 aliphatic carbocycles. The maximum atomic E-state index is 13.9. The second-order valence-electron chi connectivity index (χ2n) is 16.3. The van der Waals surface area contributed by atoms with E-state index in [1.807, 2.05) is 0 Å². The predicted molar refractivity (Wildman–Crippen MR) is 218 cm³/mol. The van der Waals surface area contributed by atoms with E-state index in [1.54, 1.807) is 41.5 Å². The second kappa shape index (κ2) is 24.6. The lowest BCUT2D eigenvalue weighted by atomic mass is 9.98. The van der Waals surface area contributed by atoms with Crippen molar-refractivity contribution in [3.8, 4) is 0 Å². The standard InChI is InChI=1S/C39H65N11O10/c1-19(2)14-27(36(57)45-26(11-12-30(40)53)35(56)44-22(7)33(54)48-29(17-51)20(3)4)47-38(59)31(21(5)6)49-39(60)32(23(8)52)50-37(58)28(15-24-16-41-18-43-24)46-34(55)25-10-9-13-42-25/h16-23,25-29,31-32,42,52H,9-15H2,1-8H3,(H2,40,53)(H,41,43)(H,44,56)(H,45,57)(H,46,55)(H,47,59)(H,48,54)(H,49,60)(H,50,58)/t22-,23+,25-,26-,27-,28-,29+,31-,32-/m0/s1. The van der Waals surface area contributed by atoms with Gasteiger partial charge in [0.1, 0.15) is 42.5 Å². The van der Waals surface area contributed by atoms with Crippen LogP contribution in [0.3, 0.4) is 0 Å². The van der Waals surface area contributed by atoms with E-state index in [0.29, 0.717) is 24.9 Å². The summed E-state index contributed by atoms with van der Waals surface area (Å²) in [6.45, 7) is 13.6. The van der Waals surface area contributed by atoms with Gasteiger partial charge in [-0.25, -0.2) is 4.98 Å². The Morgan fingerprint density at radius 3 is 1.88 bits per heavy atom. The van der Waals surface area contributed by atoms with E-state index in [0.717, 1.165) is 6.42 Å². The maximum absolute atomic E-state index is 13.9. The van der Waals surface area contributed by atoms with Crippen molar-refractivity contribution in [2.75, 3.05) is 6.54 Å². The molecule has 2 rings (SSSR count). The van der Waals surface area contributed by atoms with Gasteiger partial charge in [0.2, 0.25) is 47.3 Å². The third-order valence-corrected chi connectivity index (χ3v) is 9.88. The lowest BCUT2D eigenvalue weighted by molar-refractivity contribution is -0.137. The minimum absolute atomic E-state index is 0.00566. The number of hydrogen-bond acceptors (Lipinski definition) is 12. The van der Waals surface area contributed by atoms with E-state index in [4.69, 9.17) is 5.73 Å². The minimum Gasteiger partial charge on any atom is -0.391 e. The Bertz CT molecular complexity index is 1630. The Balaban J connectivity index is 2.24. The molecule has 0 bridgehead atoms. The van der Waals surface area contributed by atoms with Crippen LogP contribution in [0.15, 0.2) is 12.5 Å². The smallest absolute Gasteiger partial charge is 0.245 e. The maximum Gasteiger partial charge on any atom is 0.245 e. The summed E-state index contributed by atoms with van der Waals surface area (Å²) in [6.07, 6.45) is 2.90. The molecule has 1 aliphatic heterocycles. The highest BCUT2D eigenvalue weighted by molar-refractivity contribution is 5.97.